The molecule has 10 heteroatoms. The summed E-state index contributed by atoms with van der Waals surface area (Å²) in [6, 6.07) is 6.97. The third kappa shape index (κ3) is 3.32. The Kier molecular flexibility index (Phi) is 5.43. The van der Waals surface area contributed by atoms with E-state index in [1.165, 1.54) is 31.2 Å². The summed E-state index contributed by atoms with van der Waals surface area (Å²) in [5.41, 5.74) is 9.90. The molecule has 1 N–H and O–H groups in total. The van der Waals surface area contributed by atoms with Crippen LogP contribution in [-0.4, -0.2) is 31.1 Å². The molecular formula is C16H15FN2O5S2. The molecule has 7 nitrogen and oxygen atoms in total. The molecule has 138 valence electrons. The SMILES string of the molecule is Cc1cc(C)c(S(=O)(=O)C(=[N+]=[N-])S(=O)(=O)c2ccccc2F)c(CO)c1. The number of aryl methyl sites for hydroxylation is 2. The van der Waals surface area contributed by atoms with Gasteiger partial charge in [-0.05, 0) is 37.1 Å². The van der Waals surface area contributed by atoms with E-state index in [-0.39, 0.29) is 11.1 Å². The number of halogens is 1. The molecule has 2 aromatic carbocycles. The average Bonchev–Trinajstić information content (AvgIpc) is 2.53. The summed E-state index contributed by atoms with van der Waals surface area (Å²) >= 11 is 0. The zero-order valence-corrected chi connectivity index (χ0v) is 15.5. The molecule has 0 aliphatic carbocycles. The van der Waals surface area contributed by atoms with E-state index >= 15 is 0 Å². The zero-order chi connectivity index (χ0) is 19.7. The van der Waals surface area contributed by atoms with E-state index in [2.05, 4.69) is 4.79 Å². The molecule has 0 aliphatic heterocycles. The van der Waals surface area contributed by atoms with Crippen molar-refractivity contribution in [2.45, 2.75) is 30.2 Å². The predicted octanol–water partition coefficient (Wildman–Crippen LogP) is 1.77. The largest absolute Gasteiger partial charge is 0.504 e. The molecule has 0 fully saturated rings. The Morgan fingerprint density at radius 2 is 1.73 bits per heavy atom. The Balaban J connectivity index is 2.81. The molecule has 0 radical (unpaired) electrons. The maximum atomic E-state index is 13.9. The van der Waals surface area contributed by atoms with Crippen molar-refractivity contribution in [2.24, 2.45) is 0 Å². The molecule has 26 heavy (non-hydrogen) atoms. The van der Waals surface area contributed by atoms with Gasteiger partial charge in [0.2, 0.25) is 0 Å². The van der Waals surface area contributed by atoms with Crippen molar-refractivity contribution in [3.63, 3.8) is 0 Å². The molecule has 0 unspecified atom stereocenters. The van der Waals surface area contributed by atoms with Gasteiger partial charge in [0.15, 0.2) is 0 Å². The van der Waals surface area contributed by atoms with Crippen molar-refractivity contribution < 1.29 is 31.1 Å². The Morgan fingerprint density at radius 3 is 2.27 bits per heavy atom. The van der Waals surface area contributed by atoms with Gasteiger partial charge in [0.25, 0.3) is 19.7 Å². The van der Waals surface area contributed by atoms with Crippen molar-refractivity contribution in [1.29, 1.82) is 0 Å². The standard InChI is InChI=1S/C16H15FN2O5S2/c1-10-7-11(2)15(12(8-10)9-20)26(23,24)16(19-18)25(21,22)14-6-4-3-5-13(14)17/h3-8,20H,9H2,1-2H3. The lowest BCUT2D eigenvalue weighted by Crippen LogP contribution is -2.28. The molecule has 0 heterocycles. The third-order valence-electron chi connectivity index (χ3n) is 3.60. The Bertz CT molecular complexity index is 1140. The molecule has 0 amide bonds. The number of benzene rings is 2. The molecule has 0 aromatic heterocycles. The number of nitrogens with zero attached hydrogens (tertiary/aromatic N) is 2. The lowest BCUT2D eigenvalue weighted by atomic mass is 10.1. The number of hydrogen-bond donors (Lipinski definition) is 1. The summed E-state index contributed by atoms with van der Waals surface area (Å²) in [6.45, 7) is 2.39. The van der Waals surface area contributed by atoms with Crippen molar-refractivity contribution in [2.75, 3.05) is 0 Å². The van der Waals surface area contributed by atoms with Crippen LogP contribution in [-0.2, 0) is 26.3 Å². The van der Waals surface area contributed by atoms with E-state index in [0.29, 0.717) is 5.56 Å². The smallest absolute Gasteiger partial charge is 0.392 e. The number of aliphatic hydroxyl groups is 1. The number of sulfone groups is 2. The second-order valence-electron chi connectivity index (χ2n) is 5.53. The van der Waals surface area contributed by atoms with Gasteiger partial charge in [-0.1, -0.05) is 29.8 Å². The highest BCUT2D eigenvalue weighted by atomic mass is 32.3. The monoisotopic (exact) mass is 398 g/mol. The summed E-state index contributed by atoms with van der Waals surface area (Å²) in [6.07, 6.45) is 0. The van der Waals surface area contributed by atoms with Crippen LogP contribution in [0.1, 0.15) is 16.7 Å². The number of rotatable bonds is 3. The van der Waals surface area contributed by atoms with Gasteiger partial charge in [-0.2, -0.15) is 0 Å². The van der Waals surface area contributed by atoms with Crippen LogP contribution in [0.25, 0.3) is 5.53 Å². The van der Waals surface area contributed by atoms with Gasteiger partial charge >= 0.3 is 4.38 Å². The van der Waals surface area contributed by atoms with Gasteiger partial charge in [0, 0.05) is 0 Å². The molecular weight excluding hydrogens is 383 g/mol. The maximum Gasteiger partial charge on any atom is 0.504 e. The van der Waals surface area contributed by atoms with Crippen LogP contribution in [0.15, 0.2) is 46.2 Å². The minimum atomic E-state index is -4.98. The van der Waals surface area contributed by atoms with Crippen LogP contribution in [0.2, 0.25) is 0 Å². The van der Waals surface area contributed by atoms with E-state index in [1.54, 1.807) is 6.92 Å². The van der Waals surface area contributed by atoms with Gasteiger partial charge < -0.3 is 10.6 Å². The van der Waals surface area contributed by atoms with Crippen LogP contribution in [0.3, 0.4) is 0 Å². The summed E-state index contributed by atoms with van der Waals surface area (Å²) in [5, 5.41) is 9.47. The molecule has 2 aromatic rings. The van der Waals surface area contributed by atoms with Crippen LogP contribution < -0.4 is 0 Å². The highest BCUT2D eigenvalue weighted by Crippen LogP contribution is 2.28. The molecule has 0 aliphatic rings. The van der Waals surface area contributed by atoms with Crippen LogP contribution in [0, 0.1) is 19.7 Å². The molecule has 2 rings (SSSR count). The fourth-order valence-electron chi connectivity index (χ4n) is 2.64. The van der Waals surface area contributed by atoms with Gasteiger partial charge in [0.1, 0.15) is 10.7 Å². The van der Waals surface area contributed by atoms with Gasteiger partial charge in [0.05, 0.1) is 11.5 Å². The Labute approximate surface area is 150 Å². The minimum absolute atomic E-state index is 0.0626. The van der Waals surface area contributed by atoms with Crippen molar-refractivity contribution in [3.05, 3.63) is 64.4 Å². The number of hydrogen-bond acceptors (Lipinski definition) is 5. The van der Waals surface area contributed by atoms with Crippen LogP contribution >= 0.6 is 0 Å². The maximum absolute atomic E-state index is 13.9. The zero-order valence-electron chi connectivity index (χ0n) is 13.8. The van der Waals surface area contributed by atoms with Gasteiger partial charge in [-0.3, -0.25) is 0 Å². The number of aliphatic hydroxyl groups excluding tert-OH is 1. The topological polar surface area (TPSA) is 125 Å². The molecule has 0 saturated heterocycles. The van der Waals surface area contributed by atoms with Crippen molar-refractivity contribution in [3.8, 4) is 0 Å². The van der Waals surface area contributed by atoms with Crippen molar-refractivity contribution >= 4 is 24.1 Å². The second-order valence-corrected chi connectivity index (χ2v) is 9.43. The first kappa shape index (κ1) is 19.9. The Morgan fingerprint density at radius 1 is 1.12 bits per heavy atom. The lowest BCUT2D eigenvalue weighted by Gasteiger charge is -2.11. The third-order valence-corrected chi connectivity index (χ3v) is 8.03. The highest BCUT2D eigenvalue weighted by Gasteiger charge is 2.46. The predicted molar refractivity (Wildman–Crippen MR) is 91.2 cm³/mol. The van der Waals surface area contributed by atoms with E-state index in [1.807, 2.05) is 0 Å². The summed E-state index contributed by atoms with van der Waals surface area (Å²) in [5.74, 6) is -1.19. The van der Waals surface area contributed by atoms with E-state index in [9.17, 15) is 26.3 Å². The first-order valence-electron chi connectivity index (χ1n) is 7.25. The fraction of sp³-hybridized carbons (Fsp3) is 0.188. The van der Waals surface area contributed by atoms with Crippen LogP contribution in [0.4, 0.5) is 4.39 Å². The Hall–Kier alpha value is -2.39. The molecule has 0 spiro atoms. The molecule has 0 bridgehead atoms. The van der Waals surface area contributed by atoms with E-state index in [4.69, 9.17) is 5.53 Å². The van der Waals surface area contributed by atoms with Gasteiger partial charge in [-0.15, -0.1) is 4.79 Å². The first-order valence-corrected chi connectivity index (χ1v) is 10.2. The van der Waals surface area contributed by atoms with E-state index in [0.717, 1.165) is 12.1 Å². The van der Waals surface area contributed by atoms with Gasteiger partial charge in [-0.25, -0.2) is 21.2 Å². The lowest BCUT2D eigenvalue weighted by molar-refractivity contribution is 0.00377. The quantitative estimate of drug-likeness (QED) is 0.365. The summed E-state index contributed by atoms with van der Waals surface area (Å²) in [7, 11) is -9.86. The minimum Gasteiger partial charge on any atom is -0.392 e. The van der Waals surface area contributed by atoms with Crippen molar-refractivity contribution in [1.82, 2.24) is 0 Å². The normalized spacial score (nSPS) is 11.8. The molecule has 0 saturated carbocycles. The first-order chi connectivity index (χ1) is 12.1. The second kappa shape index (κ2) is 7.08. The summed E-state index contributed by atoms with van der Waals surface area (Å²) in [4.78, 5) is 1.02. The molecule has 0 atom stereocenters. The average molecular weight is 398 g/mol. The summed E-state index contributed by atoms with van der Waals surface area (Å²) < 4.78 is 63.3. The highest BCUT2D eigenvalue weighted by molar-refractivity contribution is 8.31. The van der Waals surface area contributed by atoms with Crippen LogP contribution in [0.5, 0.6) is 0 Å². The fourth-order valence-corrected chi connectivity index (χ4v) is 6.43. The van der Waals surface area contributed by atoms with E-state index < -0.39 is 46.3 Å².